The summed E-state index contributed by atoms with van der Waals surface area (Å²) in [6.07, 6.45) is 4.27. The molecular formula is C17H24N4O2S. The molecule has 24 heavy (non-hydrogen) atoms. The molecule has 1 atom stereocenters. The highest BCUT2D eigenvalue weighted by Crippen LogP contribution is 2.22. The Balaban J connectivity index is 1.86. The predicted molar refractivity (Wildman–Crippen MR) is 92.2 cm³/mol. The van der Waals surface area contributed by atoms with Crippen molar-refractivity contribution in [1.29, 1.82) is 0 Å². The highest BCUT2D eigenvalue weighted by molar-refractivity contribution is 7.89. The van der Waals surface area contributed by atoms with Crippen LogP contribution in [0.15, 0.2) is 23.1 Å². The van der Waals surface area contributed by atoms with Crippen molar-refractivity contribution < 1.29 is 8.42 Å². The minimum Gasteiger partial charge on any atom is -0.314 e. The highest BCUT2D eigenvalue weighted by Gasteiger charge is 2.25. The zero-order chi connectivity index (χ0) is 17.3. The quantitative estimate of drug-likeness (QED) is 0.921. The van der Waals surface area contributed by atoms with Gasteiger partial charge in [0, 0.05) is 13.0 Å². The number of nitrogens with zero attached hydrogens (tertiary/aromatic N) is 3. The molecule has 0 fully saturated rings. The Labute approximate surface area is 143 Å². The normalized spacial score (nSPS) is 16.5. The number of hydrogen-bond acceptors (Lipinski definition) is 4. The lowest BCUT2D eigenvalue weighted by molar-refractivity contribution is 0.533. The van der Waals surface area contributed by atoms with Crippen molar-refractivity contribution in [2.75, 3.05) is 0 Å². The minimum absolute atomic E-state index is 0.315. The molecule has 2 aromatic rings. The van der Waals surface area contributed by atoms with Crippen LogP contribution in [-0.2, 0) is 23.0 Å². The van der Waals surface area contributed by atoms with E-state index in [9.17, 15) is 8.42 Å². The molecule has 1 aromatic heterocycles. The van der Waals surface area contributed by atoms with E-state index in [1.807, 2.05) is 32.9 Å². The van der Waals surface area contributed by atoms with E-state index in [0.29, 0.717) is 10.7 Å². The van der Waals surface area contributed by atoms with Crippen molar-refractivity contribution in [2.24, 2.45) is 0 Å². The van der Waals surface area contributed by atoms with Crippen molar-refractivity contribution in [2.45, 2.75) is 63.9 Å². The molecule has 3 rings (SSSR count). The van der Waals surface area contributed by atoms with Crippen LogP contribution in [0.2, 0.25) is 0 Å². The Bertz CT molecular complexity index is 842. The van der Waals surface area contributed by atoms with E-state index in [2.05, 4.69) is 19.5 Å². The fraction of sp³-hybridized carbons (Fsp3) is 0.529. The van der Waals surface area contributed by atoms with Crippen LogP contribution >= 0.6 is 0 Å². The molecule has 7 heteroatoms. The number of benzene rings is 1. The molecule has 0 radical (unpaired) electrons. The van der Waals surface area contributed by atoms with E-state index in [0.717, 1.165) is 42.8 Å². The Morgan fingerprint density at radius 3 is 2.71 bits per heavy atom. The Morgan fingerprint density at radius 1 is 1.17 bits per heavy atom. The molecular weight excluding hydrogens is 324 g/mol. The number of rotatable bonds is 4. The lowest BCUT2D eigenvalue weighted by Gasteiger charge is -2.16. The van der Waals surface area contributed by atoms with Gasteiger partial charge in [-0.05, 0) is 45.2 Å². The molecule has 0 spiro atoms. The van der Waals surface area contributed by atoms with Gasteiger partial charge in [0.2, 0.25) is 10.0 Å². The van der Waals surface area contributed by atoms with E-state index >= 15 is 0 Å². The van der Waals surface area contributed by atoms with E-state index in [-0.39, 0.29) is 0 Å². The van der Waals surface area contributed by atoms with E-state index in [1.165, 1.54) is 6.42 Å². The Hall–Kier alpha value is -1.73. The van der Waals surface area contributed by atoms with Crippen LogP contribution in [-0.4, -0.2) is 23.2 Å². The van der Waals surface area contributed by atoms with Crippen molar-refractivity contribution in [3.8, 4) is 0 Å². The average Bonchev–Trinajstić information content (AvgIpc) is 2.75. The summed E-state index contributed by atoms with van der Waals surface area (Å²) in [7, 11) is -3.60. The number of aryl methyl sites for hydroxylation is 3. The van der Waals surface area contributed by atoms with Crippen LogP contribution in [0.1, 0.15) is 55.0 Å². The third-order valence-electron chi connectivity index (χ3n) is 4.48. The maximum atomic E-state index is 12.7. The summed E-state index contributed by atoms with van der Waals surface area (Å²) in [5.41, 5.74) is 1.79. The van der Waals surface area contributed by atoms with Crippen LogP contribution in [0.3, 0.4) is 0 Å². The van der Waals surface area contributed by atoms with Crippen LogP contribution in [0.5, 0.6) is 0 Å². The second kappa shape index (κ2) is 6.64. The largest absolute Gasteiger partial charge is 0.314 e. The first-order chi connectivity index (χ1) is 11.4. The van der Waals surface area contributed by atoms with Gasteiger partial charge in [-0.2, -0.15) is 0 Å². The highest BCUT2D eigenvalue weighted by atomic mass is 32.2. The zero-order valence-corrected chi connectivity index (χ0v) is 15.2. The maximum absolute atomic E-state index is 12.7. The van der Waals surface area contributed by atoms with Gasteiger partial charge in [0.15, 0.2) is 5.82 Å². The molecule has 0 saturated carbocycles. The average molecular weight is 348 g/mol. The molecule has 1 aromatic carbocycles. The second-order valence-corrected chi connectivity index (χ2v) is 8.23. The fourth-order valence-electron chi connectivity index (χ4n) is 3.28. The minimum atomic E-state index is -3.60. The first-order valence-electron chi connectivity index (χ1n) is 8.40. The van der Waals surface area contributed by atoms with Gasteiger partial charge in [-0.25, -0.2) is 13.1 Å². The number of fused-ring (bicyclic) bond motifs is 1. The Kier molecular flexibility index (Phi) is 4.73. The van der Waals surface area contributed by atoms with Gasteiger partial charge in [0.1, 0.15) is 5.82 Å². The molecule has 0 amide bonds. The standard InChI is InChI=1S/C17H24N4O2S/c1-12-8-9-15(13(2)11-12)24(22,23)20-14(3)17-19-18-16-7-5-4-6-10-21(16)17/h8-9,11,14,20H,4-7,10H2,1-3H3. The van der Waals surface area contributed by atoms with E-state index in [4.69, 9.17) is 0 Å². The molecule has 0 saturated heterocycles. The predicted octanol–water partition coefficient (Wildman–Crippen LogP) is 2.66. The third-order valence-corrected chi connectivity index (χ3v) is 6.18. The molecule has 0 aliphatic carbocycles. The first kappa shape index (κ1) is 17.1. The maximum Gasteiger partial charge on any atom is 0.241 e. The van der Waals surface area contributed by atoms with Crippen molar-refractivity contribution in [3.63, 3.8) is 0 Å². The second-order valence-electron chi connectivity index (χ2n) is 6.55. The van der Waals surface area contributed by atoms with Crippen molar-refractivity contribution in [1.82, 2.24) is 19.5 Å². The summed E-state index contributed by atoms with van der Waals surface area (Å²) in [5.74, 6) is 1.65. The SMILES string of the molecule is Cc1ccc(S(=O)(=O)NC(C)c2nnc3n2CCCCC3)c(C)c1. The van der Waals surface area contributed by atoms with Gasteiger partial charge in [-0.3, -0.25) is 0 Å². The topological polar surface area (TPSA) is 76.9 Å². The number of hydrogen-bond donors (Lipinski definition) is 1. The zero-order valence-electron chi connectivity index (χ0n) is 14.4. The first-order valence-corrected chi connectivity index (χ1v) is 9.88. The van der Waals surface area contributed by atoms with Crippen LogP contribution in [0, 0.1) is 13.8 Å². The van der Waals surface area contributed by atoms with E-state index in [1.54, 1.807) is 6.07 Å². The monoisotopic (exact) mass is 348 g/mol. The lowest BCUT2D eigenvalue weighted by atomic mass is 10.2. The van der Waals surface area contributed by atoms with Crippen LogP contribution in [0.4, 0.5) is 0 Å². The van der Waals surface area contributed by atoms with Gasteiger partial charge in [0.25, 0.3) is 0 Å². The molecule has 1 N–H and O–H groups in total. The molecule has 1 aliphatic heterocycles. The number of aromatic nitrogens is 3. The molecule has 1 aliphatic rings. The summed E-state index contributed by atoms with van der Waals surface area (Å²) < 4.78 is 30.3. The molecule has 2 heterocycles. The fourth-order valence-corrected chi connectivity index (χ4v) is 4.71. The summed E-state index contributed by atoms with van der Waals surface area (Å²) in [6.45, 7) is 6.44. The van der Waals surface area contributed by atoms with Gasteiger partial charge < -0.3 is 4.57 Å². The smallest absolute Gasteiger partial charge is 0.241 e. The third kappa shape index (κ3) is 3.37. The van der Waals surface area contributed by atoms with Crippen molar-refractivity contribution in [3.05, 3.63) is 41.0 Å². The van der Waals surface area contributed by atoms with Gasteiger partial charge in [-0.1, -0.05) is 24.1 Å². The van der Waals surface area contributed by atoms with Crippen LogP contribution in [0.25, 0.3) is 0 Å². The molecule has 130 valence electrons. The van der Waals surface area contributed by atoms with Crippen LogP contribution < -0.4 is 4.72 Å². The van der Waals surface area contributed by atoms with Gasteiger partial charge >= 0.3 is 0 Å². The van der Waals surface area contributed by atoms with Crippen molar-refractivity contribution >= 4 is 10.0 Å². The summed E-state index contributed by atoms with van der Waals surface area (Å²) in [5, 5.41) is 8.49. The summed E-state index contributed by atoms with van der Waals surface area (Å²) in [6, 6.07) is 4.93. The Morgan fingerprint density at radius 2 is 1.96 bits per heavy atom. The molecule has 0 bridgehead atoms. The van der Waals surface area contributed by atoms with E-state index < -0.39 is 16.1 Å². The summed E-state index contributed by atoms with van der Waals surface area (Å²) >= 11 is 0. The van der Waals surface area contributed by atoms with Gasteiger partial charge in [-0.15, -0.1) is 10.2 Å². The number of nitrogens with one attached hydrogen (secondary N) is 1. The van der Waals surface area contributed by atoms with Gasteiger partial charge in [0.05, 0.1) is 10.9 Å². The lowest BCUT2D eigenvalue weighted by Crippen LogP contribution is -2.29. The molecule has 6 nitrogen and oxygen atoms in total. The summed E-state index contributed by atoms with van der Waals surface area (Å²) in [4.78, 5) is 0.315. The number of sulfonamides is 1. The molecule has 1 unspecified atom stereocenters.